The summed E-state index contributed by atoms with van der Waals surface area (Å²) in [6, 6.07) is 4.42. The lowest BCUT2D eigenvalue weighted by Gasteiger charge is -2.19. The molecule has 32 heavy (non-hydrogen) atoms. The number of rotatable bonds is 7. The highest BCUT2D eigenvalue weighted by Crippen LogP contribution is 2.35. The van der Waals surface area contributed by atoms with Crippen LogP contribution in [0.2, 0.25) is 0 Å². The lowest BCUT2D eigenvalue weighted by atomic mass is 9.85. The molecular formula is C22H27N3O6S. The number of hydrogen-bond acceptors (Lipinski definition) is 6. The van der Waals surface area contributed by atoms with Gasteiger partial charge in [0.1, 0.15) is 17.2 Å². The fourth-order valence-corrected chi connectivity index (χ4v) is 6.17. The summed E-state index contributed by atoms with van der Waals surface area (Å²) >= 11 is 0. The van der Waals surface area contributed by atoms with E-state index < -0.39 is 34.3 Å². The molecule has 0 aromatic heterocycles. The average molecular weight is 462 g/mol. The van der Waals surface area contributed by atoms with Gasteiger partial charge in [0.05, 0.1) is 18.4 Å². The normalized spacial score (nSPS) is 23.5. The van der Waals surface area contributed by atoms with Crippen molar-refractivity contribution in [2.75, 3.05) is 31.6 Å². The summed E-state index contributed by atoms with van der Waals surface area (Å²) in [5.41, 5.74) is 0.259. The van der Waals surface area contributed by atoms with Crippen molar-refractivity contribution in [3.63, 3.8) is 0 Å². The highest BCUT2D eigenvalue weighted by Gasteiger charge is 2.47. The van der Waals surface area contributed by atoms with Crippen LogP contribution in [-0.2, 0) is 24.4 Å². The second-order valence-electron chi connectivity index (χ2n) is 8.17. The van der Waals surface area contributed by atoms with Crippen LogP contribution >= 0.6 is 0 Å². The predicted octanol–water partition coefficient (Wildman–Crippen LogP) is 1.76. The standard InChI is InChI=1S/C22H27N3O6S/c1-2-31-18-10-9-15(13-19(18)32(29,30)24-11-5-6-12-24)23-20(26)14-25-21(27)16-7-3-4-8-17(16)22(25)28/h3-4,9-10,13,16-17H,2,5-8,11-12,14H2,1H3,(H,23,26). The zero-order valence-electron chi connectivity index (χ0n) is 18.0. The zero-order chi connectivity index (χ0) is 22.9. The molecule has 0 spiro atoms. The monoisotopic (exact) mass is 461 g/mol. The first-order chi connectivity index (χ1) is 15.3. The van der Waals surface area contributed by atoms with E-state index in [-0.39, 0.29) is 28.1 Å². The van der Waals surface area contributed by atoms with Crippen molar-refractivity contribution in [2.24, 2.45) is 11.8 Å². The van der Waals surface area contributed by atoms with Crippen LogP contribution < -0.4 is 10.1 Å². The van der Waals surface area contributed by atoms with E-state index in [1.807, 2.05) is 12.2 Å². The lowest BCUT2D eigenvalue weighted by molar-refractivity contribution is -0.142. The number of hydrogen-bond donors (Lipinski definition) is 1. The van der Waals surface area contributed by atoms with E-state index in [1.54, 1.807) is 13.0 Å². The van der Waals surface area contributed by atoms with Crippen LogP contribution in [0.15, 0.2) is 35.2 Å². The van der Waals surface area contributed by atoms with Crippen LogP contribution in [0.1, 0.15) is 32.6 Å². The molecule has 0 saturated carbocycles. The topological polar surface area (TPSA) is 113 Å². The van der Waals surface area contributed by atoms with Gasteiger partial charge < -0.3 is 10.1 Å². The molecule has 172 valence electrons. The van der Waals surface area contributed by atoms with E-state index in [0.29, 0.717) is 32.5 Å². The molecule has 2 saturated heterocycles. The van der Waals surface area contributed by atoms with E-state index in [2.05, 4.69) is 5.32 Å². The first-order valence-corrected chi connectivity index (χ1v) is 12.3. The number of nitrogens with one attached hydrogen (secondary N) is 1. The molecular weight excluding hydrogens is 434 g/mol. The Balaban J connectivity index is 1.51. The second kappa shape index (κ2) is 9.03. The minimum atomic E-state index is -3.77. The van der Waals surface area contributed by atoms with E-state index in [1.165, 1.54) is 16.4 Å². The minimum absolute atomic E-state index is 0.00975. The Labute approximate surface area is 187 Å². The number of carbonyl (C=O) groups excluding carboxylic acids is 3. The number of carbonyl (C=O) groups is 3. The van der Waals surface area contributed by atoms with Crippen molar-refractivity contribution in [1.29, 1.82) is 0 Å². The first kappa shape index (κ1) is 22.5. The molecule has 0 bridgehead atoms. The van der Waals surface area contributed by atoms with Crippen molar-refractivity contribution in [3.05, 3.63) is 30.4 Å². The van der Waals surface area contributed by atoms with Crippen LogP contribution in [0, 0.1) is 11.8 Å². The summed E-state index contributed by atoms with van der Waals surface area (Å²) < 4.78 is 33.1. The maximum atomic E-state index is 13.1. The molecule has 0 radical (unpaired) electrons. The van der Waals surface area contributed by atoms with Crippen molar-refractivity contribution in [3.8, 4) is 5.75 Å². The van der Waals surface area contributed by atoms with Gasteiger partial charge >= 0.3 is 0 Å². The Kier molecular flexibility index (Phi) is 6.34. The number of benzene rings is 1. The highest BCUT2D eigenvalue weighted by atomic mass is 32.2. The van der Waals surface area contributed by atoms with Gasteiger partial charge in [-0.05, 0) is 50.8 Å². The SMILES string of the molecule is CCOc1ccc(NC(=O)CN2C(=O)C3CC=CCC3C2=O)cc1S(=O)(=O)N1CCCC1. The molecule has 2 atom stereocenters. The summed E-state index contributed by atoms with van der Waals surface area (Å²) in [6.07, 6.45) is 6.38. The van der Waals surface area contributed by atoms with Gasteiger partial charge in [-0.15, -0.1) is 0 Å². The molecule has 2 aliphatic heterocycles. The third kappa shape index (κ3) is 4.16. The van der Waals surface area contributed by atoms with Gasteiger partial charge in [0.2, 0.25) is 27.7 Å². The summed E-state index contributed by atoms with van der Waals surface area (Å²) in [6.45, 7) is 2.55. The molecule has 9 nitrogen and oxygen atoms in total. The van der Waals surface area contributed by atoms with Crippen LogP contribution in [0.25, 0.3) is 0 Å². The zero-order valence-corrected chi connectivity index (χ0v) is 18.8. The molecule has 2 unspecified atom stereocenters. The number of fused-ring (bicyclic) bond motifs is 1. The van der Waals surface area contributed by atoms with Gasteiger partial charge in [0.15, 0.2) is 0 Å². The fourth-order valence-electron chi connectivity index (χ4n) is 4.50. The Morgan fingerprint density at radius 3 is 2.31 bits per heavy atom. The number of imide groups is 1. The molecule has 1 aromatic rings. The largest absolute Gasteiger partial charge is 0.492 e. The average Bonchev–Trinajstić information content (AvgIpc) is 3.40. The van der Waals surface area contributed by atoms with Gasteiger partial charge in [-0.2, -0.15) is 4.31 Å². The van der Waals surface area contributed by atoms with Gasteiger partial charge in [0.25, 0.3) is 0 Å². The summed E-state index contributed by atoms with van der Waals surface area (Å²) in [4.78, 5) is 38.8. The molecule has 4 rings (SSSR count). The third-order valence-corrected chi connectivity index (χ3v) is 8.03. The van der Waals surface area contributed by atoms with E-state index in [4.69, 9.17) is 4.74 Å². The Morgan fingerprint density at radius 1 is 1.09 bits per heavy atom. The maximum absolute atomic E-state index is 13.1. The fraction of sp³-hybridized carbons (Fsp3) is 0.500. The van der Waals surface area contributed by atoms with Crippen molar-refractivity contribution in [1.82, 2.24) is 9.21 Å². The van der Waals surface area contributed by atoms with Gasteiger partial charge in [-0.1, -0.05) is 12.2 Å². The lowest BCUT2D eigenvalue weighted by Crippen LogP contribution is -2.38. The smallest absolute Gasteiger partial charge is 0.246 e. The van der Waals surface area contributed by atoms with E-state index in [0.717, 1.165) is 17.7 Å². The summed E-state index contributed by atoms with van der Waals surface area (Å²) in [5, 5.41) is 2.62. The van der Waals surface area contributed by atoms with Crippen molar-refractivity contribution in [2.45, 2.75) is 37.5 Å². The van der Waals surface area contributed by atoms with Gasteiger partial charge in [-0.25, -0.2) is 8.42 Å². The van der Waals surface area contributed by atoms with Gasteiger partial charge in [-0.3, -0.25) is 19.3 Å². The number of allylic oxidation sites excluding steroid dienone is 2. The third-order valence-electron chi connectivity index (χ3n) is 6.11. The molecule has 3 aliphatic rings. The van der Waals surface area contributed by atoms with Crippen LogP contribution in [0.3, 0.4) is 0 Å². The van der Waals surface area contributed by atoms with E-state index >= 15 is 0 Å². The minimum Gasteiger partial charge on any atom is -0.492 e. The molecule has 2 heterocycles. The summed E-state index contributed by atoms with van der Waals surface area (Å²) in [7, 11) is -3.77. The van der Waals surface area contributed by atoms with Crippen LogP contribution in [-0.4, -0.2) is 61.6 Å². The second-order valence-corrected chi connectivity index (χ2v) is 10.1. The van der Waals surface area contributed by atoms with E-state index in [9.17, 15) is 22.8 Å². The van der Waals surface area contributed by atoms with Gasteiger partial charge in [0, 0.05) is 18.8 Å². The quantitative estimate of drug-likeness (QED) is 0.489. The number of likely N-dealkylation sites (tertiary alicyclic amines) is 1. The molecule has 1 N–H and O–H groups in total. The maximum Gasteiger partial charge on any atom is 0.246 e. The Morgan fingerprint density at radius 2 is 1.72 bits per heavy atom. The van der Waals surface area contributed by atoms with Crippen molar-refractivity contribution < 1.29 is 27.5 Å². The molecule has 1 aromatic carbocycles. The van der Waals surface area contributed by atoms with Crippen LogP contribution in [0.5, 0.6) is 5.75 Å². The highest BCUT2D eigenvalue weighted by molar-refractivity contribution is 7.89. The summed E-state index contributed by atoms with van der Waals surface area (Å²) in [5.74, 6) is -1.80. The van der Waals surface area contributed by atoms with Crippen molar-refractivity contribution >= 4 is 33.4 Å². The Bertz CT molecular complexity index is 1040. The van der Waals surface area contributed by atoms with Crippen LogP contribution in [0.4, 0.5) is 5.69 Å². The molecule has 3 amide bonds. The number of ether oxygens (including phenoxy) is 1. The first-order valence-electron chi connectivity index (χ1n) is 10.9. The number of sulfonamides is 1. The predicted molar refractivity (Wildman–Crippen MR) is 116 cm³/mol. The molecule has 10 heteroatoms. The number of nitrogens with zero attached hydrogens (tertiary/aromatic N) is 2. The number of amides is 3. The molecule has 2 fully saturated rings. The molecule has 1 aliphatic carbocycles. The number of anilines is 1. The Hall–Kier alpha value is -2.72.